The van der Waals surface area contributed by atoms with E-state index in [-0.39, 0.29) is 0 Å². The third kappa shape index (κ3) is 2.13. The lowest BCUT2D eigenvalue weighted by molar-refractivity contribution is 0.461. The summed E-state index contributed by atoms with van der Waals surface area (Å²) in [5.74, 6) is 0.653. The lowest BCUT2D eigenvalue weighted by Crippen LogP contribution is -2.35. The van der Waals surface area contributed by atoms with E-state index in [0.717, 1.165) is 12.8 Å². The SMILES string of the molecule is CC1Cc2ccccc2NC1Cc1cnn(C)c1. The fourth-order valence-corrected chi connectivity index (χ4v) is 2.75. The van der Waals surface area contributed by atoms with Crippen molar-refractivity contribution in [2.75, 3.05) is 5.32 Å². The first kappa shape index (κ1) is 11.3. The molecular weight excluding hydrogens is 222 g/mol. The number of hydrogen-bond acceptors (Lipinski definition) is 2. The molecule has 1 N–H and O–H groups in total. The van der Waals surface area contributed by atoms with Crippen molar-refractivity contribution in [2.24, 2.45) is 13.0 Å². The average Bonchev–Trinajstić information content (AvgIpc) is 2.76. The summed E-state index contributed by atoms with van der Waals surface area (Å²) in [6.07, 6.45) is 6.28. The molecule has 2 unspecified atom stereocenters. The van der Waals surface area contributed by atoms with Gasteiger partial charge in [0.25, 0.3) is 0 Å². The Kier molecular flexibility index (Phi) is 2.82. The quantitative estimate of drug-likeness (QED) is 0.876. The first-order chi connectivity index (χ1) is 8.72. The molecule has 2 aromatic rings. The molecule has 0 saturated carbocycles. The Morgan fingerprint density at radius 3 is 3.00 bits per heavy atom. The summed E-state index contributed by atoms with van der Waals surface area (Å²) in [4.78, 5) is 0. The molecule has 1 aliphatic rings. The van der Waals surface area contributed by atoms with Crippen LogP contribution in [0.5, 0.6) is 0 Å². The molecule has 3 nitrogen and oxygen atoms in total. The normalized spacial score (nSPS) is 22.3. The summed E-state index contributed by atoms with van der Waals surface area (Å²) >= 11 is 0. The van der Waals surface area contributed by atoms with Crippen LogP contribution in [0.2, 0.25) is 0 Å². The summed E-state index contributed by atoms with van der Waals surface area (Å²) in [7, 11) is 1.97. The lowest BCUT2D eigenvalue weighted by atomic mass is 9.86. The smallest absolute Gasteiger partial charge is 0.0522 e. The van der Waals surface area contributed by atoms with Crippen molar-refractivity contribution in [3.63, 3.8) is 0 Å². The van der Waals surface area contributed by atoms with Crippen molar-refractivity contribution in [1.29, 1.82) is 0 Å². The third-order valence-electron chi connectivity index (χ3n) is 3.80. The van der Waals surface area contributed by atoms with Gasteiger partial charge in [0.2, 0.25) is 0 Å². The van der Waals surface area contributed by atoms with Crippen molar-refractivity contribution < 1.29 is 0 Å². The van der Waals surface area contributed by atoms with Gasteiger partial charge >= 0.3 is 0 Å². The van der Waals surface area contributed by atoms with Crippen LogP contribution in [0, 0.1) is 5.92 Å². The van der Waals surface area contributed by atoms with Gasteiger partial charge in [0, 0.05) is 25.0 Å². The third-order valence-corrected chi connectivity index (χ3v) is 3.80. The van der Waals surface area contributed by atoms with Crippen LogP contribution in [0.1, 0.15) is 18.1 Å². The molecule has 3 heteroatoms. The van der Waals surface area contributed by atoms with Crippen LogP contribution in [0.15, 0.2) is 36.7 Å². The van der Waals surface area contributed by atoms with Crippen LogP contribution in [-0.2, 0) is 19.9 Å². The Morgan fingerprint density at radius 1 is 1.39 bits per heavy atom. The molecule has 1 aliphatic heterocycles. The monoisotopic (exact) mass is 241 g/mol. The fraction of sp³-hybridized carbons (Fsp3) is 0.400. The summed E-state index contributed by atoms with van der Waals surface area (Å²) in [5.41, 5.74) is 4.04. The number of hydrogen-bond donors (Lipinski definition) is 1. The van der Waals surface area contributed by atoms with Crippen molar-refractivity contribution in [2.45, 2.75) is 25.8 Å². The van der Waals surface area contributed by atoms with Gasteiger partial charge in [-0.05, 0) is 36.0 Å². The first-order valence-corrected chi connectivity index (χ1v) is 6.54. The van der Waals surface area contributed by atoms with Gasteiger partial charge in [0.05, 0.1) is 6.20 Å². The average molecular weight is 241 g/mol. The molecule has 94 valence electrons. The van der Waals surface area contributed by atoms with Gasteiger partial charge in [-0.3, -0.25) is 4.68 Å². The van der Waals surface area contributed by atoms with Gasteiger partial charge in [-0.15, -0.1) is 0 Å². The van der Waals surface area contributed by atoms with E-state index in [2.05, 4.69) is 47.8 Å². The molecule has 0 bridgehead atoms. The van der Waals surface area contributed by atoms with Crippen LogP contribution in [0.25, 0.3) is 0 Å². The number of aromatic nitrogens is 2. The summed E-state index contributed by atoms with van der Waals surface area (Å²) in [6, 6.07) is 9.12. The molecule has 0 fully saturated rings. The first-order valence-electron chi connectivity index (χ1n) is 6.54. The highest BCUT2D eigenvalue weighted by atomic mass is 15.2. The van der Waals surface area contributed by atoms with Crippen LogP contribution < -0.4 is 5.32 Å². The largest absolute Gasteiger partial charge is 0.381 e. The molecule has 1 aromatic carbocycles. The van der Waals surface area contributed by atoms with E-state index in [1.807, 2.05) is 17.9 Å². The highest BCUT2D eigenvalue weighted by Gasteiger charge is 2.24. The van der Waals surface area contributed by atoms with E-state index < -0.39 is 0 Å². The molecule has 0 aliphatic carbocycles. The van der Waals surface area contributed by atoms with Crippen LogP contribution >= 0.6 is 0 Å². The second kappa shape index (κ2) is 4.48. The lowest BCUT2D eigenvalue weighted by Gasteiger charge is -2.32. The molecule has 0 spiro atoms. The Hall–Kier alpha value is -1.77. The Labute approximate surface area is 108 Å². The van der Waals surface area contributed by atoms with Crippen LogP contribution in [0.3, 0.4) is 0 Å². The van der Waals surface area contributed by atoms with E-state index in [9.17, 15) is 0 Å². The predicted octanol–water partition coefficient (Wildman–Crippen LogP) is 2.64. The maximum atomic E-state index is 4.24. The van der Waals surface area contributed by atoms with E-state index in [1.54, 1.807) is 0 Å². The van der Waals surface area contributed by atoms with Crippen molar-refractivity contribution >= 4 is 5.69 Å². The summed E-state index contributed by atoms with van der Waals surface area (Å²) in [5, 5.41) is 7.91. The second-order valence-corrected chi connectivity index (χ2v) is 5.32. The molecule has 3 rings (SSSR count). The molecule has 0 amide bonds. The summed E-state index contributed by atoms with van der Waals surface area (Å²) < 4.78 is 1.87. The Bertz CT molecular complexity index is 544. The number of nitrogens with one attached hydrogen (secondary N) is 1. The number of benzene rings is 1. The number of para-hydroxylation sites is 1. The minimum absolute atomic E-state index is 0.504. The van der Waals surface area contributed by atoms with Gasteiger partial charge in [0.1, 0.15) is 0 Å². The molecule has 1 aromatic heterocycles. The minimum atomic E-state index is 0.504. The van der Waals surface area contributed by atoms with Crippen molar-refractivity contribution in [1.82, 2.24) is 9.78 Å². The standard InChI is InChI=1S/C15H19N3/c1-11-7-13-5-3-4-6-14(13)17-15(11)8-12-9-16-18(2)10-12/h3-6,9-11,15,17H,7-8H2,1-2H3. The van der Waals surface area contributed by atoms with E-state index in [4.69, 9.17) is 0 Å². The molecule has 18 heavy (non-hydrogen) atoms. The summed E-state index contributed by atoms with van der Waals surface area (Å²) in [6.45, 7) is 2.32. The second-order valence-electron chi connectivity index (χ2n) is 5.32. The molecule has 0 radical (unpaired) electrons. The molecular formula is C15H19N3. The van der Waals surface area contributed by atoms with Gasteiger partial charge in [-0.2, -0.15) is 5.10 Å². The molecule has 0 saturated heterocycles. The Balaban J connectivity index is 1.78. The predicted molar refractivity (Wildman–Crippen MR) is 73.6 cm³/mol. The van der Waals surface area contributed by atoms with Crippen molar-refractivity contribution in [3.8, 4) is 0 Å². The van der Waals surface area contributed by atoms with Gasteiger partial charge in [-0.25, -0.2) is 0 Å². The van der Waals surface area contributed by atoms with E-state index in [1.165, 1.54) is 16.8 Å². The van der Waals surface area contributed by atoms with Crippen LogP contribution in [0.4, 0.5) is 5.69 Å². The molecule has 2 heterocycles. The zero-order chi connectivity index (χ0) is 12.5. The zero-order valence-corrected chi connectivity index (χ0v) is 10.9. The van der Waals surface area contributed by atoms with Crippen molar-refractivity contribution in [3.05, 3.63) is 47.8 Å². The van der Waals surface area contributed by atoms with E-state index >= 15 is 0 Å². The Morgan fingerprint density at radius 2 is 2.22 bits per heavy atom. The van der Waals surface area contributed by atoms with Gasteiger partial charge < -0.3 is 5.32 Å². The maximum absolute atomic E-state index is 4.24. The van der Waals surface area contributed by atoms with Gasteiger partial charge in [0.15, 0.2) is 0 Å². The number of nitrogens with zero attached hydrogens (tertiary/aromatic N) is 2. The van der Waals surface area contributed by atoms with E-state index in [0.29, 0.717) is 12.0 Å². The number of aryl methyl sites for hydroxylation is 1. The van der Waals surface area contributed by atoms with Crippen LogP contribution in [-0.4, -0.2) is 15.8 Å². The fourth-order valence-electron chi connectivity index (χ4n) is 2.75. The van der Waals surface area contributed by atoms with Gasteiger partial charge in [-0.1, -0.05) is 25.1 Å². The highest BCUT2D eigenvalue weighted by Crippen LogP contribution is 2.29. The number of anilines is 1. The number of fused-ring (bicyclic) bond motifs is 1. The topological polar surface area (TPSA) is 29.9 Å². The maximum Gasteiger partial charge on any atom is 0.0522 e. The minimum Gasteiger partial charge on any atom is -0.381 e. The molecule has 2 atom stereocenters. The zero-order valence-electron chi connectivity index (χ0n) is 10.9. The number of rotatable bonds is 2. The highest BCUT2D eigenvalue weighted by molar-refractivity contribution is 5.54.